The molecule has 6 aromatic rings. The van der Waals surface area contributed by atoms with Crippen LogP contribution in [0.4, 0.5) is 0 Å². The summed E-state index contributed by atoms with van der Waals surface area (Å²) in [7, 11) is 0. The van der Waals surface area contributed by atoms with E-state index in [0.717, 1.165) is 0 Å². The van der Waals surface area contributed by atoms with Gasteiger partial charge in [-0.3, -0.25) is 0 Å². The van der Waals surface area contributed by atoms with Gasteiger partial charge in [0.25, 0.3) is 0 Å². The Hall–Kier alpha value is -2.78. The summed E-state index contributed by atoms with van der Waals surface area (Å²) in [6.45, 7) is 14.2. The van der Waals surface area contributed by atoms with Crippen molar-refractivity contribution < 1.29 is 48.0 Å². The number of fused-ring (bicyclic) bond motifs is 2. The largest absolute Gasteiger partial charge is 1.00 e. The zero-order valence-corrected chi connectivity index (χ0v) is 35.5. The molecular weight excluding hydrogens is 779 g/mol. The van der Waals surface area contributed by atoms with Crippen LogP contribution in [-0.4, -0.2) is 0 Å². The molecule has 2 heterocycles. The minimum absolute atomic E-state index is 0. The predicted octanol–water partition coefficient (Wildman–Crippen LogP) is 7.72. The quantitative estimate of drug-likeness (QED) is 0.162. The number of allylic oxidation sites excluding steroid dienone is 2. The van der Waals surface area contributed by atoms with Gasteiger partial charge in [-0.05, 0) is 0 Å². The molecule has 0 saturated heterocycles. The van der Waals surface area contributed by atoms with Gasteiger partial charge in [0, 0.05) is 0 Å². The molecule has 0 aliphatic heterocycles. The van der Waals surface area contributed by atoms with E-state index in [0.29, 0.717) is 7.25 Å². The average Bonchev–Trinajstić information content (AvgIpc) is 3.90. The van der Waals surface area contributed by atoms with Gasteiger partial charge in [-0.2, -0.15) is 0 Å². The van der Waals surface area contributed by atoms with Crippen molar-refractivity contribution in [1.29, 1.82) is 0 Å². The Morgan fingerprint density at radius 1 is 0.431 bits per heavy atom. The monoisotopic (exact) mass is 818 g/mol. The smallest absolute Gasteiger partial charge is 1.00 e. The second-order valence-corrected chi connectivity index (χ2v) is 21.2. The van der Waals surface area contributed by atoms with Gasteiger partial charge in [0.2, 0.25) is 0 Å². The molecule has 0 spiro atoms. The number of rotatable bonds is 6. The predicted molar refractivity (Wildman–Crippen MR) is 211 cm³/mol. The van der Waals surface area contributed by atoms with Crippen molar-refractivity contribution in [2.45, 2.75) is 59.6 Å². The Labute approximate surface area is 336 Å². The molecule has 0 amide bonds. The molecule has 256 valence electrons. The maximum atomic E-state index is 2.59. The second-order valence-electron chi connectivity index (χ2n) is 15.4. The van der Waals surface area contributed by atoms with Crippen molar-refractivity contribution in [3.8, 4) is 20.9 Å². The molecule has 2 aromatic heterocycles. The first-order valence-corrected chi connectivity index (χ1v) is 21.8. The van der Waals surface area contributed by atoms with Gasteiger partial charge in [-0.25, -0.2) is 0 Å². The number of thiophene rings is 2. The summed E-state index contributed by atoms with van der Waals surface area (Å²) in [5, 5.41) is 0. The molecule has 2 aliphatic rings. The van der Waals surface area contributed by atoms with Crippen molar-refractivity contribution in [1.82, 2.24) is 0 Å². The van der Waals surface area contributed by atoms with Crippen LogP contribution in [0.15, 0.2) is 121 Å². The third kappa shape index (κ3) is 7.27. The van der Waals surface area contributed by atoms with Crippen molar-refractivity contribution in [2.24, 2.45) is 0 Å². The van der Waals surface area contributed by atoms with E-state index >= 15 is 0 Å². The van der Waals surface area contributed by atoms with Crippen LogP contribution in [-0.2, 0) is 34.1 Å². The van der Waals surface area contributed by atoms with Crippen LogP contribution in [0.3, 0.4) is 0 Å². The standard InChI is InChI=1S/2C23H21S.2ClH.Zr/c2*1-23(2,3)20-11-7-10-17-14-18(15-19(17)20)22-13-12-21(24-22)16-8-5-4-6-9-16;;;/h2*4-15H,1-3H3;2*1H;/q;;;;+2/p-2. The van der Waals surface area contributed by atoms with Crippen molar-refractivity contribution in [3.05, 3.63) is 164 Å². The average molecular weight is 821 g/mol. The summed E-state index contributed by atoms with van der Waals surface area (Å²) in [4.78, 5) is 5.55. The van der Waals surface area contributed by atoms with Gasteiger partial charge in [0.1, 0.15) is 0 Å². The fraction of sp³-hybridized carbons (Fsp3) is 0.217. The molecule has 0 radical (unpaired) electrons. The first-order valence-electron chi connectivity index (χ1n) is 17.3. The molecule has 2 atom stereocenters. The Kier molecular flexibility index (Phi) is 11.1. The third-order valence-corrected chi connectivity index (χ3v) is 17.0. The van der Waals surface area contributed by atoms with E-state index in [2.05, 4.69) is 175 Å². The van der Waals surface area contributed by atoms with Crippen molar-refractivity contribution in [2.75, 3.05) is 0 Å². The molecule has 5 heteroatoms. The normalized spacial score (nSPS) is 16.3. The van der Waals surface area contributed by atoms with E-state index in [-0.39, 0.29) is 35.6 Å². The molecule has 4 aromatic carbocycles. The van der Waals surface area contributed by atoms with E-state index in [9.17, 15) is 0 Å². The summed E-state index contributed by atoms with van der Waals surface area (Å²) in [5.41, 5.74) is 14.8. The van der Waals surface area contributed by atoms with Crippen LogP contribution in [0.25, 0.3) is 44.2 Å². The van der Waals surface area contributed by atoms with E-state index in [1.165, 1.54) is 52.9 Å². The Balaban J connectivity index is 0.00000224. The summed E-state index contributed by atoms with van der Waals surface area (Å²) < 4.78 is 0.934. The minimum atomic E-state index is -1.19. The van der Waals surface area contributed by atoms with Crippen LogP contribution in [0.1, 0.15) is 91.9 Å². The Bertz CT molecular complexity index is 2070. The first-order chi connectivity index (χ1) is 23.6. The second kappa shape index (κ2) is 14.9. The summed E-state index contributed by atoms with van der Waals surface area (Å²) in [6.07, 6.45) is 5.18. The minimum Gasteiger partial charge on any atom is -1.00 e. The molecule has 0 nitrogen and oxygen atoms in total. The van der Waals surface area contributed by atoms with Crippen molar-refractivity contribution >= 4 is 46.0 Å². The van der Waals surface area contributed by atoms with Crippen LogP contribution >= 0.6 is 22.7 Å². The van der Waals surface area contributed by atoms with E-state index in [4.69, 9.17) is 0 Å². The van der Waals surface area contributed by atoms with Gasteiger partial charge >= 0.3 is 314 Å². The van der Waals surface area contributed by atoms with Crippen molar-refractivity contribution in [3.63, 3.8) is 0 Å². The summed E-state index contributed by atoms with van der Waals surface area (Å²) in [6, 6.07) is 45.6. The Morgan fingerprint density at radius 3 is 1.18 bits per heavy atom. The molecule has 2 unspecified atom stereocenters. The zero-order chi connectivity index (χ0) is 33.9. The molecule has 0 fully saturated rings. The number of hydrogen-bond acceptors (Lipinski definition) is 2. The van der Waals surface area contributed by atoms with E-state index in [1.54, 1.807) is 22.3 Å². The third-order valence-electron chi connectivity index (χ3n) is 9.97. The molecule has 0 N–H and O–H groups in total. The van der Waals surface area contributed by atoms with Gasteiger partial charge < -0.3 is 24.8 Å². The molecule has 51 heavy (non-hydrogen) atoms. The van der Waals surface area contributed by atoms with Gasteiger partial charge in [0.15, 0.2) is 0 Å². The fourth-order valence-corrected chi connectivity index (χ4v) is 15.2. The maximum Gasteiger partial charge on any atom is -1.00 e. The van der Waals surface area contributed by atoms with E-state index in [1.807, 2.05) is 22.7 Å². The SMILES string of the molecule is CC(C)(C)c1cccc2c1C=C(c1ccc(-c3ccccc3)s1)[CH]2[Zr+2][CH]1C(c2ccc(-c3ccccc3)s2)=Cc2c1cccc2C(C)(C)C.[Cl-].[Cl-]. The molecular formula is C46H42Cl2S2Zr. The summed E-state index contributed by atoms with van der Waals surface area (Å²) >= 11 is 2.74. The number of benzene rings is 4. The molecule has 0 bridgehead atoms. The van der Waals surface area contributed by atoms with Gasteiger partial charge in [-0.1, -0.05) is 0 Å². The van der Waals surface area contributed by atoms with Crippen LogP contribution < -0.4 is 24.8 Å². The van der Waals surface area contributed by atoms with Crippen LogP contribution in [0.5, 0.6) is 0 Å². The molecule has 8 rings (SSSR count). The van der Waals surface area contributed by atoms with Gasteiger partial charge in [-0.15, -0.1) is 0 Å². The topological polar surface area (TPSA) is 0 Å². The van der Waals surface area contributed by atoms with Gasteiger partial charge in [0.05, 0.1) is 0 Å². The fourth-order valence-electron chi connectivity index (χ4n) is 7.57. The van der Waals surface area contributed by atoms with E-state index < -0.39 is 23.2 Å². The Morgan fingerprint density at radius 2 is 0.804 bits per heavy atom. The number of hydrogen-bond donors (Lipinski definition) is 0. The summed E-state index contributed by atoms with van der Waals surface area (Å²) in [5.74, 6) is 0. The maximum absolute atomic E-state index is 2.59. The molecule has 0 saturated carbocycles. The molecule has 2 aliphatic carbocycles. The first kappa shape index (κ1) is 38.0. The number of halogens is 2. The zero-order valence-electron chi connectivity index (χ0n) is 29.9. The van der Waals surface area contributed by atoms with Crippen LogP contribution in [0, 0.1) is 0 Å². The van der Waals surface area contributed by atoms with Crippen LogP contribution in [0.2, 0.25) is 0 Å².